The van der Waals surface area contributed by atoms with Gasteiger partial charge in [-0.25, -0.2) is 0 Å². The third kappa shape index (κ3) is 7.11. The predicted octanol–water partition coefficient (Wildman–Crippen LogP) is 1.98. The van der Waals surface area contributed by atoms with Crippen molar-refractivity contribution in [3.8, 4) is 5.75 Å². The number of para-hydroxylation sites is 1. The normalized spacial score (nSPS) is 11.7. The van der Waals surface area contributed by atoms with Gasteiger partial charge < -0.3 is 21.1 Å². The van der Waals surface area contributed by atoms with Gasteiger partial charge in [0.2, 0.25) is 11.8 Å². The van der Waals surface area contributed by atoms with Crippen LogP contribution in [0.25, 0.3) is 0 Å². The first-order valence-electron chi connectivity index (χ1n) is 9.01. The van der Waals surface area contributed by atoms with Crippen molar-refractivity contribution >= 4 is 11.8 Å². The molecule has 144 valence electrons. The molecule has 2 rings (SSSR count). The monoisotopic (exact) mass is 369 g/mol. The van der Waals surface area contributed by atoms with Crippen molar-refractivity contribution in [2.75, 3.05) is 6.54 Å². The zero-order chi connectivity index (χ0) is 19.6. The molecule has 0 aromatic heterocycles. The Bertz CT molecular complexity index is 747. The Balaban J connectivity index is 1.77. The lowest BCUT2D eigenvalue weighted by molar-refractivity contribution is -0.127. The summed E-state index contributed by atoms with van der Waals surface area (Å²) < 4.78 is 5.73. The summed E-state index contributed by atoms with van der Waals surface area (Å²) in [6.45, 7) is 4.47. The number of carbonyl (C=O) groups excluding carboxylic acids is 2. The van der Waals surface area contributed by atoms with Gasteiger partial charge in [0.1, 0.15) is 12.4 Å². The van der Waals surface area contributed by atoms with Gasteiger partial charge in [-0.3, -0.25) is 9.59 Å². The van der Waals surface area contributed by atoms with Gasteiger partial charge in [-0.15, -0.1) is 0 Å². The minimum Gasteiger partial charge on any atom is -0.489 e. The maximum Gasteiger partial charge on any atom is 0.239 e. The van der Waals surface area contributed by atoms with Gasteiger partial charge >= 0.3 is 0 Å². The summed E-state index contributed by atoms with van der Waals surface area (Å²) in [4.78, 5) is 23.7. The first kappa shape index (κ1) is 20.5. The van der Waals surface area contributed by atoms with Gasteiger partial charge in [0.05, 0.1) is 12.6 Å². The van der Waals surface area contributed by atoms with E-state index in [4.69, 9.17) is 10.5 Å². The van der Waals surface area contributed by atoms with Crippen molar-refractivity contribution in [2.45, 2.75) is 33.0 Å². The Hall–Kier alpha value is -2.86. The first-order valence-corrected chi connectivity index (χ1v) is 9.01. The predicted molar refractivity (Wildman–Crippen MR) is 105 cm³/mol. The number of amides is 2. The lowest BCUT2D eigenvalue weighted by Crippen LogP contribution is -2.47. The summed E-state index contributed by atoms with van der Waals surface area (Å²) in [7, 11) is 0. The number of hydrogen-bond acceptors (Lipinski definition) is 4. The summed E-state index contributed by atoms with van der Waals surface area (Å²) in [5.41, 5.74) is 7.72. The molecule has 0 radical (unpaired) electrons. The van der Waals surface area contributed by atoms with Crippen LogP contribution in [0.1, 0.15) is 25.0 Å². The highest BCUT2D eigenvalue weighted by Gasteiger charge is 2.17. The quantitative estimate of drug-likeness (QED) is 0.630. The van der Waals surface area contributed by atoms with E-state index in [2.05, 4.69) is 10.6 Å². The number of ether oxygens (including phenoxy) is 1. The van der Waals surface area contributed by atoms with E-state index in [1.807, 2.05) is 68.4 Å². The molecule has 2 aromatic rings. The highest BCUT2D eigenvalue weighted by Crippen LogP contribution is 2.12. The third-order valence-corrected chi connectivity index (χ3v) is 4.07. The van der Waals surface area contributed by atoms with Crippen molar-refractivity contribution < 1.29 is 14.3 Å². The molecule has 0 saturated heterocycles. The van der Waals surface area contributed by atoms with Gasteiger partial charge in [-0.2, -0.15) is 0 Å². The molecule has 0 aliphatic heterocycles. The van der Waals surface area contributed by atoms with Crippen LogP contribution >= 0.6 is 0 Å². The lowest BCUT2D eigenvalue weighted by atomic mass is 10.1. The van der Waals surface area contributed by atoms with Crippen molar-refractivity contribution in [2.24, 2.45) is 11.7 Å². The zero-order valence-electron chi connectivity index (χ0n) is 15.8. The lowest BCUT2D eigenvalue weighted by Gasteiger charge is -2.15. The van der Waals surface area contributed by atoms with E-state index in [9.17, 15) is 9.59 Å². The molecule has 0 aliphatic carbocycles. The van der Waals surface area contributed by atoms with Gasteiger partial charge in [0.25, 0.3) is 0 Å². The molecule has 0 saturated carbocycles. The molecule has 2 aromatic carbocycles. The maximum atomic E-state index is 11.9. The molecule has 0 bridgehead atoms. The number of rotatable bonds is 9. The summed E-state index contributed by atoms with van der Waals surface area (Å²) in [6.07, 6.45) is 0. The van der Waals surface area contributed by atoms with E-state index < -0.39 is 6.04 Å². The number of carbonyl (C=O) groups is 2. The molecule has 6 heteroatoms. The number of nitrogens with one attached hydrogen (secondary N) is 2. The van der Waals surface area contributed by atoms with Crippen LogP contribution in [0.3, 0.4) is 0 Å². The number of benzene rings is 2. The molecule has 6 nitrogen and oxygen atoms in total. The zero-order valence-corrected chi connectivity index (χ0v) is 15.8. The van der Waals surface area contributed by atoms with Crippen molar-refractivity contribution in [1.29, 1.82) is 0 Å². The standard InChI is InChI=1S/C21H27N3O3/c1-15(2)20(22)21(26)24-13-19(25)23-12-16-7-6-8-17(11-16)14-27-18-9-4-3-5-10-18/h3-11,15,20H,12-14,22H2,1-2H3,(H,23,25)(H,24,26)/t20-/m0/s1. The average molecular weight is 369 g/mol. The van der Waals surface area contributed by atoms with Gasteiger partial charge in [0.15, 0.2) is 0 Å². The van der Waals surface area contributed by atoms with E-state index in [1.54, 1.807) is 0 Å². The molecule has 0 fully saturated rings. The van der Waals surface area contributed by atoms with Gasteiger partial charge in [-0.05, 0) is 29.2 Å². The highest BCUT2D eigenvalue weighted by atomic mass is 16.5. The molecule has 0 unspecified atom stereocenters. The second-order valence-electron chi connectivity index (χ2n) is 6.69. The molecule has 0 heterocycles. The number of nitrogens with two attached hydrogens (primary N) is 1. The largest absolute Gasteiger partial charge is 0.489 e. The molecule has 1 atom stereocenters. The van der Waals surface area contributed by atoms with Crippen molar-refractivity contribution in [3.05, 3.63) is 65.7 Å². The summed E-state index contributed by atoms with van der Waals surface area (Å²) in [5, 5.41) is 5.34. The Labute approximate surface area is 160 Å². The Morgan fingerprint density at radius 1 is 1.00 bits per heavy atom. The fourth-order valence-corrected chi connectivity index (χ4v) is 2.36. The van der Waals surface area contributed by atoms with Gasteiger partial charge in [0, 0.05) is 6.54 Å². The topological polar surface area (TPSA) is 93.5 Å². The van der Waals surface area contributed by atoms with Crippen LogP contribution < -0.4 is 21.1 Å². The summed E-state index contributed by atoms with van der Waals surface area (Å²) in [5.74, 6) is 0.255. The Morgan fingerprint density at radius 2 is 1.70 bits per heavy atom. The van der Waals surface area contributed by atoms with E-state index in [1.165, 1.54) is 0 Å². The van der Waals surface area contributed by atoms with Crippen molar-refractivity contribution in [1.82, 2.24) is 10.6 Å². The number of hydrogen-bond donors (Lipinski definition) is 3. The summed E-state index contributed by atoms with van der Waals surface area (Å²) in [6, 6.07) is 16.8. The second-order valence-corrected chi connectivity index (χ2v) is 6.69. The fourth-order valence-electron chi connectivity index (χ4n) is 2.36. The van der Waals surface area contributed by atoms with Crippen LogP contribution in [0.5, 0.6) is 5.75 Å². The summed E-state index contributed by atoms with van der Waals surface area (Å²) >= 11 is 0. The van der Waals surface area contributed by atoms with E-state index in [0.29, 0.717) is 13.2 Å². The fraction of sp³-hybridized carbons (Fsp3) is 0.333. The molecule has 27 heavy (non-hydrogen) atoms. The second kappa shape index (κ2) is 10.3. The van der Waals surface area contributed by atoms with Crippen LogP contribution in [-0.2, 0) is 22.7 Å². The van der Waals surface area contributed by atoms with E-state index in [0.717, 1.165) is 16.9 Å². The van der Waals surface area contributed by atoms with Crippen LogP contribution in [0.15, 0.2) is 54.6 Å². The van der Waals surface area contributed by atoms with Gasteiger partial charge in [-0.1, -0.05) is 56.3 Å². The Morgan fingerprint density at radius 3 is 2.41 bits per heavy atom. The van der Waals surface area contributed by atoms with E-state index in [-0.39, 0.29) is 24.3 Å². The Kier molecular flexibility index (Phi) is 7.82. The van der Waals surface area contributed by atoms with Crippen LogP contribution in [0, 0.1) is 5.92 Å². The van der Waals surface area contributed by atoms with Crippen LogP contribution in [0.2, 0.25) is 0 Å². The van der Waals surface area contributed by atoms with E-state index >= 15 is 0 Å². The minimum atomic E-state index is -0.612. The smallest absolute Gasteiger partial charge is 0.239 e. The van der Waals surface area contributed by atoms with Crippen LogP contribution in [0.4, 0.5) is 0 Å². The average Bonchev–Trinajstić information content (AvgIpc) is 2.69. The SMILES string of the molecule is CC(C)[C@H](N)C(=O)NCC(=O)NCc1cccc(COc2ccccc2)c1. The minimum absolute atomic E-state index is 0.0221. The van der Waals surface area contributed by atoms with Crippen molar-refractivity contribution in [3.63, 3.8) is 0 Å². The third-order valence-electron chi connectivity index (χ3n) is 4.07. The molecule has 4 N–H and O–H groups in total. The first-order chi connectivity index (χ1) is 13.0. The molecule has 2 amide bonds. The highest BCUT2D eigenvalue weighted by molar-refractivity contribution is 5.87. The molecule has 0 aliphatic rings. The molecular weight excluding hydrogens is 342 g/mol. The molecular formula is C21H27N3O3. The molecule has 0 spiro atoms. The van der Waals surface area contributed by atoms with Crippen LogP contribution in [-0.4, -0.2) is 24.4 Å². The maximum absolute atomic E-state index is 11.9.